The largest absolute Gasteiger partial charge is 0.212 e. The first-order chi connectivity index (χ1) is 5.88. The zero-order chi connectivity index (χ0) is 8.39. The summed E-state index contributed by atoms with van der Waals surface area (Å²) in [6.45, 7) is 0. The smallest absolute Gasteiger partial charge is 0.201 e. The van der Waals surface area contributed by atoms with E-state index in [9.17, 15) is 4.39 Å². The standard InChI is InChI=1S/C8H5FN3/c9-7-3-1-2-4-8(7)12-6-10-5-11-12/h1-5H. The highest BCUT2D eigenvalue weighted by Gasteiger charge is 2.02. The molecular formula is C8H5FN3. The topological polar surface area (TPSA) is 30.7 Å². The summed E-state index contributed by atoms with van der Waals surface area (Å²) in [5, 5.41) is 3.76. The summed E-state index contributed by atoms with van der Waals surface area (Å²) in [5.74, 6) is -0.334. The zero-order valence-corrected chi connectivity index (χ0v) is 6.11. The molecule has 1 radical (unpaired) electrons. The van der Waals surface area contributed by atoms with E-state index in [0.717, 1.165) is 0 Å². The van der Waals surface area contributed by atoms with Crippen LogP contribution in [0.1, 0.15) is 0 Å². The van der Waals surface area contributed by atoms with Crippen molar-refractivity contribution in [2.75, 3.05) is 0 Å². The average Bonchev–Trinajstić information content (AvgIpc) is 2.57. The van der Waals surface area contributed by atoms with Crippen LogP contribution in [0.15, 0.2) is 30.6 Å². The van der Waals surface area contributed by atoms with E-state index < -0.39 is 0 Å². The third kappa shape index (κ3) is 1.07. The Hall–Kier alpha value is -1.71. The van der Waals surface area contributed by atoms with Crippen molar-refractivity contribution in [3.63, 3.8) is 0 Å². The third-order valence-corrected chi connectivity index (χ3v) is 1.46. The monoisotopic (exact) mass is 162 g/mol. The summed E-state index contributed by atoms with van der Waals surface area (Å²) in [6, 6.07) is 6.33. The molecule has 0 N–H and O–H groups in total. The number of aromatic nitrogens is 3. The second-order valence-corrected chi connectivity index (χ2v) is 2.22. The molecule has 0 saturated carbocycles. The molecule has 0 aliphatic carbocycles. The van der Waals surface area contributed by atoms with Crippen LogP contribution in [0.25, 0.3) is 5.69 Å². The van der Waals surface area contributed by atoms with Gasteiger partial charge in [-0.3, -0.25) is 0 Å². The van der Waals surface area contributed by atoms with Crippen molar-refractivity contribution in [1.29, 1.82) is 0 Å². The highest BCUT2D eigenvalue weighted by Crippen LogP contribution is 2.09. The van der Waals surface area contributed by atoms with Gasteiger partial charge in [-0.2, -0.15) is 5.10 Å². The fourth-order valence-corrected chi connectivity index (χ4v) is 0.923. The summed E-state index contributed by atoms with van der Waals surface area (Å²) in [7, 11) is 0. The van der Waals surface area contributed by atoms with E-state index >= 15 is 0 Å². The maximum absolute atomic E-state index is 13.0. The number of benzene rings is 1. The molecule has 2 aromatic rings. The van der Waals surface area contributed by atoms with Crippen molar-refractivity contribution in [2.45, 2.75) is 0 Å². The van der Waals surface area contributed by atoms with Crippen LogP contribution in [0.5, 0.6) is 0 Å². The molecule has 1 heterocycles. The highest BCUT2D eigenvalue weighted by atomic mass is 19.1. The summed E-state index contributed by atoms with van der Waals surface area (Å²) >= 11 is 0. The van der Waals surface area contributed by atoms with E-state index in [0.29, 0.717) is 5.69 Å². The van der Waals surface area contributed by atoms with Gasteiger partial charge >= 0.3 is 0 Å². The van der Waals surface area contributed by atoms with E-state index in [1.54, 1.807) is 18.2 Å². The lowest BCUT2D eigenvalue weighted by Crippen LogP contribution is -1.97. The molecule has 1 aromatic carbocycles. The van der Waals surface area contributed by atoms with E-state index in [1.165, 1.54) is 17.1 Å². The second kappa shape index (κ2) is 2.73. The molecule has 59 valence electrons. The molecular weight excluding hydrogens is 157 g/mol. The fraction of sp³-hybridized carbons (Fsp3) is 0. The molecule has 3 nitrogen and oxygen atoms in total. The lowest BCUT2D eigenvalue weighted by molar-refractivity contribution is 0.610. The molecule has 0 aliphatic heterocycles. The van der Waals surface area contributed by atoms with Crippen molar-refractivity contribution in [3.8, 4) is 5.69 Å². The van der Waals surface area contributed by atoms with Crippen molar-refractivity contribution < 1.29 is 4.39 Å². The first-order valence-electron chi connectivity index (χ1n) is 3.40. The zero-order valence-electron chi connectivity index (χ0n) is 6.11. The van der Waals surface area contributed by atoms with Crippen LogP contribution in [0.3, 0.4) is 0 Å². The predicted octanol–water partition coefficient (Wildman–Crippen LogP) is 1.21. The fourth-order valence-electron chi connectivity index (χ4n) is 0.923. The van der Waals surface area contributed by atoms with Crippen LogP contribution >= 0.6 is 0 Å². The Labute approximate surface area is 68.5 Å². The Kier molecular flexibility index (Phi) is 1.59. The predicted molar refractivity (Wildman–Crippen MR) is 40.2 cm³/mol. The molecule has 0 amide bonds. The minimum absolute atomic E-state index is 0.334. The SMILES string of the molecule is Fc1ccccc1-n1[c]ncn1. The molecule has 2 rings (SSSR count). The third-order valence-electron chi connectivity index (χ3n) is 1.46. The molecule has 12 heavy (non-hydrogen) atoms. The number of halogens is 1. The van der Waals surface area contributed by atoms with E-state index in [1.807, 2.05) is 0 Å². The summed E-state index contributed by atoms with van der Waals surface area (Å²) in [6.07, 6.45) is 3.82. The molecule has 0 unspecified atom stereocenters. The van der Waals surface area contributed by atoms with Gasteiger partial charge < -0.3 is 0 Å². The van der Waals surface area contributed by atoms with Crippen molar-refractivity contribution in [3.05, 3.63) is 42.7 Å². The molecule has 0 saturated heterocycles. The van der Waals surface area contributed by atoms with Gasteiger partial charge in [-0.25, -0.2) is 14.1 Å². The molecule has 0 atom stereocenters. The van der Waals surface area contributed by atoms with Gasteiger partial charge in [0.15, 0.2) is 0 Å². The number of rotatable bonds is 1. The molecule has 4 heteroatoms. The highest BCUT2D eigenvalue weighted by molar-refractivity contribution is 5.31. The number of para-hydroxylation sites is 1. The Morgan fingerprint density at radius 1 is 1.33 bits per heavy atom. The van der Waals surface area contributed by atoms with Gasteiger partial charge in [-0.1, -0.05) is 12.1 Å². The first-order valence-corrected chi connectivity index (χ1v) is 3.40. The summed E-state index contributed by atoms with van der Waals surface area (Å²) < 4.78 is 14.3. The molecule has 1 aromatic heterocycles. The minimum Gasteiger partial charge on any atom is -0.212 e. The van der Waals surface area contributed by atoms with Gasteiger partial charge in [0, 0.05) is 0 Å². The first kappa shape index (κ1) is 6.97. The Balaban J connectivity index is 2.55. The van der Waals surface area contributed by atoms with Crippen LogP contribution in [-0.2, 0) is 0 Å². The quantitative estimate of drug-likeness (QED) is 0.630. The van der Waals surface area contributed by atoms with Crippen molar-refractivity contribution in [2.24, 2.45) is 0 Å². The van der Waals surface area contributed by atoms with Gasteiger partial charge in [0.1, 0.15) is 17.8 Å². The second-order valence-electron chi connectivity index (χ2n) is 2.22. The Morgan fingerprint density at radius 3 is 2.83 bits per heavy atom. The van der Waals surface area contributed by atoms with Gasteiger partial charge in [0.2, 0.25) is 6.33 Å². The number of hydrogen-bond donors (Lipinski definition) is 0. The van der Waals surface area contributed by atoms with Gasteiger partial charge in [-0.05, 0) is 12.1 Å². The Morgan fingerprint density at radius 2 is 2.17 bits per heavy atom. The maximum Gasteiger partial charge on any atom is 0.201 e. The number of hydrogen-bond acceptors (Lipinski definition) is 2. The van der Waals surface area contributed by atoms with Gasteiger partial charge in [-0.15, -0.1) is 0 Å². The summed E-state index contributed by atoms with van der Waals surface area (Å²) in [5.41, 5.74) is 0.356. The van der Waals surface area contributed by atoms with Crippen LogP contribution in [-0.4, -0.2) is 14.8 Å². The van der Waals surface area contributed by atoms with Crippen LogP contribution in [0.4, 0.5) is 4.39 Å². The molecule has 0 fully saturated rings. The van der Waals surface area contributed by atoms with E-state index in [4.69, 9.17) is 0 Å². The average molecular weight is 162 g/mol. The summed E-state index contributed by atoms with van der Waals surface area (Å²) in [4.78, 5) is 3.60. The van der Waals surface area contributed by atoms with Crippen LogP contribution in [0, 0.1) is 12.1 Å². The van der Waals surface area contributed by atoms with Crippen LogP contribution in [0.2, 0.25) is 0 Å². The molecule has 0 bridgehead atoms. The minimum atomic E-state index is -0.334. The molecule has 0 spiro atoms. The molecule has 0 aliphatic rings. The van der Waals surface area contributed by atoms with E-state index in [-0.39, 0.29) is 5.82 Å². The lowest BCUT2D eigenvalue weighted by Gasteiger charge is -1.98. The Bertz CT molecular complexity index is 370. The van der Waals surface area contributed by atoms with Gasteiger partial charge in [0.05, 0.1) is 0 Å². The number of nitrogens with zero attached hydrogens (tertiary/aromatic N) is 3. The van der Waals surface area contributed by atoms with Crippen molar-refractivity contribution >= 4 is 0 Å². The van der Waals surface area contributed by atoms with Crippen molar-refractivity contribution in [1.82, 2.24) is 14.8 Å². The van der Waals surface area contributed by atoms with Crippen LogP contribution < -0.4 is 0 Å². The lowest BCUT2D eigenvalue weighted by atomic mass is 10.3. The normalized spacial score (nSPS) is 10.1. The van der Waals surface area contributed by atoms with E-state index in [2.05, 4.69) is 16.4 Å². The maximum atomic E-state index is 13.0. The van der Waals surface area contributed by atoms with Gasteiger partial charge in [0.25, 0.3) is 0 Å².